The molecule has 7 nitrogen and oxygen atoms in total. The minimum atomic E-state index is -3.73. The summed E-state index contributed by atoms with van der Waals surface area (Å²) in [6.07, 6.45) is 0. The van der Waals surface area contributed by atoms with Crippen LogP contribution >= 0.6 is 12.4 Å². The number of likely N-dealkylation sites (N-methyl/N-ethyl adjacent to an activating group) is 1. The van der Waals surface area contributed by atoms with Gasteiger partial charge in [-0.15, -0.1) is 12.4 Å². The van der Waals surface area contributed by atoms with Crippen LogP contribution in [0.2, 0.25) is 0 Å². The number of benzene rings is 2. The molecule has 0 spiro atoms. The van der Waals surface area contributed by atoms with Crippen molar-refractivity contribution in [2.45, 2.75) is 11.8 Å². The minimum absolute atomic E-state index is 0. The molecular formula is C18H24ClN3O4S. The summed E-state index contributed by atoms with van der Waals surface area (Å²) in [5, 5.41) is 5.87. The molecule has 148 valence electrons. The predicted octanol–water partition coefficient (Wildman–Crippen LogP) is 2.26. The van der Waals surface area contributed by atoms with Gasteiger partial charge in [0.2, 0.25) is 0 Å². The number of carbonyl (C=O) groups excluding carboxylic acids is 1. The second kappa shape index (κ2) is 10.8. The zero-order chi connectivity index (χ0) is 19.0. The van der Waals surface area contributed by atoms with Gasteiger partial charge in [0.15, 0.2) is 0 Å². The van der Waals surface area contributed by atoms with Crippen LogP contribution in [0.1, 0.15) is 17.3 Å². The van der Waals surface area contributed by atoms with Gasteiger partial charge in [0, 0.05) is 24.3 Å². The topological polar surface area (TPSA) is 96.5 Å². The van der Waals surface area contributed by atoms with Crippen LogP contribution in [0.15, 0.2) is 53.4 Å². The number of hydrogen-bond acceptors (Lipinski definition) is 5. The Morgan fingerprint density at radius 1 is 1.00 bits per heavy atom. The van der Waals surface area contributed by atoms with Crippen LogP contribution < -0.4 is 20.1 Å². The Bertz CT molecular complexity index is 825. The summed E-state index contributed by atoms with van der Waals surface area (Å²) < 4.78 is 32.4. The van der Waals surface area contributed by atoms with Crippen molar-refractivity contribution < 1.29 is 17.9 Å². The molecular weight excluding hydrogens is 390 g/mol. The van der Waals surface area contributed by atoms with Gasteiger partial charge in [-0.25, -0.2) is 8.42 Å². The summed E-state index contributed by atoms with van der Waals surface area (Å²) in [5.74, 6) is 0.396. The van der Waals surface area contributed by atoms with Gasteiger partial charge in [0.25, 0.3) is 15.9 Å². The summed E-state index contributed by atoms with van der Waals surface area (Å²) in [6, 6.07) is 12.4. The maximum Gasteiger partial charge on any atom is 0.261 e. The van der Waals surface area contributed by atoms with E-state index < -0.39 is 10.0 Å². The highest BCUT2D eigenvalue weighted by atomic mass is 35.5. The Morgan fingerprint density at radius 3 is 2.19 bits per heavy atom. The fourth-order valence-corrected chi connectivity index (χ4v) is 3.26. The molecule has 0 bridgehead atoms. The Balaban J connectivity index is 0.00000364. The largest absolute Gasteiger partial charge is 0.497 e. The van der Waals surface area contributed by atoms with Gasteiger partial charge < -0.3 is 15.4 Å². The summed E-state index contributed by atoms with van der Waals surface area (Å²) in [6.45, 7) is 4.01. The number of hydrogen-bond donors (Lipinski definition) is 3. The van der Waals surface area contributed by atoms with Crippen molar-refractivity contribution in [1.82, 2.24) is 10.6 Å². The van der Waals surface area contributed by atoms with Crippen LogP contribution in [-0.4, -0.2) is 41.1 Å². The van der Waals surface area contributed by atoms with Gasteiger partial charge in [0.1, 0.15) is 5.75 Å². The van der Waals surface area contributed by atoms with Gasteiger partial charge in [0.05, 0.1) is 12.0 Å². The Labute approximate surface area is 166 Å². The van der Waals surface area contributed by atoms with Crippen molar-refractivity contribution >= 4 is 34.0 Å². The van der Waals surface area contributed by atoms with Crippen molar-refractivity contribution in [3.8, 4) is 5.75 Å². The number of methoxy groups -OCH3 is 1. The van der Waals surface area contributed by atoms with Crippen molar-refractivity contribution in [3.63, 3.8) is 0 Å². The fourth-order valence-electron chi connectivity index (χ4n) is 2.20. The van der Waals surface area contributed by atoms with Crippen LogP contribution in [0.3, 0.4) is 0 Å². The van der Waals surface area contributed by atoms with E-state index >= 15 is 0 Å². The number of halogens is 1. The van der Waals surface area contributed by atoms with Crippen molar-refractivity contribution in [1.29, 1.82) is 0 Å². The third-order valence-corrected chi connectivity index (χ3v) is 5.00. The molecule has 0 unspecified atom stereocenters. The molecule has 0 saturated heterocycles. The smallest absolute Gasteiger partial charge is 0.261 e. The Hall–Kier alpha value is -2.29. The van der Waals surface area contributed by atoms with E-state index in [1.165, 1.54) is 31.4 Å². The highest BCUT2D eigenvalue weighted by Gasteiger charge is 2.15. The molecule has 0 aliphatic heterocycles. The van der Waals surface area contributed by atoms with Crippen LogP contribution in [0.5, 0.6) is 5.75 Å². The Kier molecular flexibility index (Phi) is 9.07. The third-order valence-electron chi connectivity index (χ3n) is 3.61. The monoisotopic (exact) mass is 413 g/mol. The van der Waals surface area contributed by atoms with Crippen molar-refractivity contribution in [2.75, 3.05) is 31.5 Å². The molecule has 2 rings (SSSR count). The van der Waals surface area contributed by atoms with E-state index in [4.69, 9.17) is 4.74 Å². The number of carbonyl (C=O) groups is 1. The minimum Gasteiger partial charge on any atom is -0.497 e. The molecule has 3 N–H and O–H groups in total. The summed E-state index contributed by atoms with van der Waals surface area (Å²) in [4.78, 5) is 12.1. The highest BCUT2D eigenvalue weighted by molar-refractivity contribution is 7.92. The van der Waals surface area contributed by atoms with Gasteiger partial charge >= 0.3 is 0 Å². The van der Waals surface area contributed by atoms with Gasteiger partial charge in [-0.05, 0) is 55.1 Å². The summed E-state index contributed by atoms with van der Waals surface area (Å²) in [7, 11) is -2.19. The first kappa shape index (κ1) is 22.8. The Morgan fingerprint density at radius 2 is 1.63 bits per heavy atom. The highest BCUT2D eigenvalue weighted by Crippen LogP contribution is 2.19. The normalized spacial score (nSPS) is 10.6. The lowest BCUT2D eigenvalue weighted by atomic mass is 10.2. The van der Waals surface area contributed by atoms with Crippen molar-refractivity contribution in [3.05, 3.63) is 54.1 Å². The third kappa shape index (κ3) is 6.74. The fraction of sp³-hybridized carbons (Fsp3) is 0.278. The molecule has 2 aromatic rings. The van der Waals surface area contributed by atoms with E-state index in [0.29, 0.717) is 30.1 Å². The van der Waals surface area contributed by atoms with Gasteiger partial charge in [-0.1, -0.05) is 6.92 Å². The second-order valence-electron chi connectivity index (χ2n) is 5.47. The lowest BCUT2D eigenvalue weighted by Gasteiger charge is -2.10. The maximum atomic E-state index is 12.4. The van der Waals surface area contributed by atoms with E-state index in [1.54, 1.807) is 24.3 Å². The average Bonchev–Trinajstić information content (AvgIpc) is 2.65. The average molecular weight is 414 g/mol. The molecule has 0 aromatic heterocycles. The standard InChI is InChI=1S/C18H23N3O4S.ClH/c1-3-19-12-13-20-18(22)14-4-10-17(11-5-14)26(23,24)21-15-6-8-16(25-2)9-7-15;/h4-11,19,21H,3,12-13H2,1-2H3,(H,20,22);1H. The SMILES string of the molecule is CCNCCNC(=O)c1ccc(S(=O)(=O)Nc2ccc(OC)cc2)cc1.Cl. The van der Waals surface area contributed by atoms with E-state index in [0.717, 1.165) is 6.54 Å². The first-order chi connectivity index (χ1) is 12.5. The molecule has 0 aliphatic rings. The molecule has 0 fully saturated rings. The first-order valence-electron chi connectivity index (χ1n) is 8.22. The molecule has 27 heavy (non-hydrogen) atoms. The van der Waals surface area contributed by atoms with Gasteiger partial charge in [-0.3, -0.25) is 9.52 Å². The van der Waals surface area contributed by atoms with E-state index in [-0.39, 0.29) is 23.2 Å². The molecule has 0 heterocycles. The second-order valence-corrected chi connectivity index (χ2v) is 7.15. The lowest BCUT2D eigenvalue weighted by molar-refractivity contribution is 0.0954. The number of amides is 1. The van der Waals surface area contributed by atoms with Gasteiger partial charge in [-0.2, -0.15) is 0 Å². The summed E-state index contributed by atoms with van der Waals surface area (Å²) >= 11 is 0. The number of ether oxygens (including phenoxy) is 1. The summed E-state index contributed by atoms with van der Waals surface area (Å²) in [5.41, 5.74) is 0.834. The number of rotatable bonds is 9. The molecule has 2 aromatic carbocycles. The number of nitrogens with one attached hydrogen (secondary N) is 3. The zero-order valence-electron chi connectivity index (χ0n) is 15.2. The van der Waals surface area contributed by atoms with E-state index in [2.05, 4.69) is 15.4 Å². The molecule has 0 atom stereocenters. The predicted molar refractivity (Wildman–Crippen MR) is 108 cm³/mol. The lowest BCUT2D eigenvalue weighted by Crippen LogP contribution is -2.31. The molecule has 0 saturated carbocycles. The van der Waals surface area contributed by atoms with Crippen LogP contribution in [-0.2, 0) is 10.0 Å². The number of anilines is 1. The van der Waals surface area contributed by atoms with Crippen LogP contribution in [0.25, 0.3) is 0 Å². The first-order valence-corrected chi connectivity index (χ1v) is 9.70. The molecule has 0 radical (unpaired) electrons. The number of sulfonamides is 1. The molecule has 9 heteroatoms. The van der Waals surface area contributed by atoms with E-state index in [9.17, 15) is 13.2 Å². The maximum absolute atomic E-state index is 12.4. The molecule has 0 aliphatic carbocycles. The zero-order valence-corrected chi connectivity index (χ0v) is 16.8. The van der Waals surface area contributed by atoms with Crippen molar-refractivity contribution in [2.24, 2.45) is 0 Å². The van der Waals surface area contributed by atoms with Crippen LogP contribution in [0.4, 0.5) is 5.69 Å². The van der Waals surface area contributed by atoms with E-state index in [1.807, 2.05) is 6.92 Å². The quantitative estimate of drug-likeness (QED) is 0.548. The molecule has 1 amide bonds. The van der Waals surface area contributed by atoms with Crippen LogP contribution in [0, 0.1) is 0 Å².